The van der Waals surface area contributed by atoms with Gasteiger partial charge in [0.1, 0.15) is 17.2 Å². The molecule has 63 heavy (non-hydrogen) atoms. The fraction of sp³-hybridized carbons (Fsp3) is 0.308. The lowest BCUT2D eigenvalue weighted by atomic mass is 9.90. The minimum Gasteiger partial charge on any atom is -0.508 e. The molecule has 9 nitrogen and oxygen atoms in total. The molecule has 1 fully saturated rings. The molecule has 11 heteroatoms. The molecule has 1 heterocycles. The van der Waals surface area contributed by atoms with Crippen LogP contribution in [0.4, 0.5) is 0 Å². The number of halogens is 1. The van der Waals surface area contributed by atoms with Crippen LogP contribution in [0.1, 0.15) is 96.9 Å². The van der Waals surface area contributed by atoms with Crippen molar-refractivity contribution < 1.29 is 35.4 Å². The number of carboxylic acid groups (broad SMARTS) is 1. The summed E-state index contributed by atoms with van der Waals surface area (Å²) < 4.78 is 0. The maximum Gasteiger partial charge on any atom is 0.303 e. The van der Waals surface area contributed by atoms with Gasteiger partial charge in [0, 0.05) is 40.1 Å². The van der Waals surface area contributed by atoms with Crippen LogP contribution in [0.5, 0.6) is 17.2 Å². The second kappa shape index (κ2) is 21.3. The van der Waals surface area contributed by atoms with Crippen molar-refractivity contribution in [2.24, 2.45) is 5.41 Å². The van der Waals surface area contributed by atoms with Gasteiger partial charge in [0.25, 0.3) is 0 Å². The predicted octanol–water partition coefficient (Wildman–Crippen LogP) is 11.0. The van der Waals surface area contributed by atoms with Gasteiger partial charge < -0.3 is 36.0 Å². The topological polar surface area (TPSA) is 163 Å². The third-order valence-corrected chi connectivity index (χ3v) is 13.2. The van der Waals surface area contributed by atoms with Gasteiger partial charge in [0.05, 0.1) is 29.3 Å². The van der Waals surface area contributed by atoms with E-state index in [2.05, 4.69) is 47.8 Å². The number of aliphatic hydroxyl groups excluding tert-OH is 1. The van der Waals surface area contributed by atoms with Crippen LogP contribution in [0, 0.1) is 5.41 Å². The molecule has 0 aliphatic heterocycles. The van der Waals surface area contributed by atoms with Crippen molar-refractivity contribution in [2.45, 2.75) is 82.3 Å². The number of hydrogen-bond acceptors (Lipinski definition) is 9. The smallest absolute Gasteiger partial charge is 0.303 e. The Morgan fingerprint density at radius 1 is 0.857 bits per heavy atom. The van der Waals surface area contributed by atoms with Gasteiger partial charge in [-0.15, -0.1) is 0 Å². The highest BCUT2D eigenvalue weighted by molar-refractivity contribution is 7.99. The Kier molecular flexibility index (Phi) is 16.0. The van der Waals surface area contributed by atoms with Gasteiger partial charge in [0.2, 0.25) is 0 Å². The third-order valence-electron chi connectivity index (χ3n) is 11.3. The van der Waals surface area contributed by atoms with E-state index in [-0.39, 0.29) is 40.4 Å². The number of phenolic OH excluding ortho intramolecular Hbond substituents is 3. The average molecular weight is 890 g/mol. The molecular formula is C52H57ClN2O7S. The van der Waals surface area contributed by atoms with E-state index < -0.39 is 17.7 Å². The Balaban J connectivity index is 0.000000253. The number of nitrogens with zero attached hydrogens (tertiary/aromatic N) is 1. The van der Waals surface area contributed by atoms with E-state index in [1.165, 1.54) is 23.8 Å². The van der Waals surface area contributed by atoms with E-state index in [9.17, 15) is 35.4 Å². The van der Waals surface area contributed by atoms with Crippen LogP contribution < -0.4 is 5.32 Å². The number of aromatic nitrogens is 1. The molecule has 5 aromatic carbocycles. The lowest BCUT2D eigenvalue weighted by Gasteiger charge is -2.24. The number of aryl methyl sites for hydroxylation is 1. The largest absolute Gasteiger partial charge is 0.508 e. The van der Waals surface area contributed by atoms with Gasteiger partial charge in [-0.3, -0.25) is 4.79 Å². The number of fused-ring (bicyclic) bond motifs is 1. The summed E-state index contributed by atoms with van der Waals surface area (Å²) in [7, 11) is 0. The zero-order valence-corrected chi connectivity index (χ0v) is 37.5. The second-order valence-corrected chi connectivity index (χ2v) is 18.8. The lowest BCUT2D eigenvalue weighted by Crippen LogP contribution is -2.32. The number of aromatic hydroxyl groups is 3. The molecule has 7 rings (SSSR count). The van der Waals surface area contributed by atoms with E-state index in [0.717, 1.165) is 76.7 Å². The zero-order chi connectivity index (χ0) is 45.1. The third kappa shape index (κ3) is 14.3. The van der Waals surface area contributed by atoms with Crippen LogP contribution in [0.25, 0.3) is 23.1 Å². The Bertz CT molecular complexity index is 2480. The van der Waals surface area contributed by atoms with E-state index in [1.54, 1.807) is 12.1 Å². The number of aliphatic hydroxyl groups is 2. The van der Waals surface area contributed by atoms with Gasteiger partial charge in [-0.2, -0.15) is 11.8 Å². The lowest BCUT2D eigenvalue weighted by molar-refractivity contribution is -0.138. The minimum atomic E-state index is -0.911. The number of nitrogens with one attached hydrogen (secondary N) is 1. The number of aliphatic carboxylic acids is 1. The van der Waals surface area contributed by atoms with Crippen LogP contribution in [-0.4, -0.2) is 59.9 Å². The van der Waals surface area contributed by atoms with Crippen molar-refractivity contribution in [1.29, 1.82) is 0 Å². The standard InChI is InChI=1S/C35H36ClNO3S.C17H21NO4/c1-34(2,40)30-9-4-3-7-25(30)13-17-32(41-23-35(18-19-35)22-33(38)39)27-8-5-6-24(20-27)10-15-29-16-12-26-11-14-28(36)21-31(26)37-29;1-11(6-12-2-4-14(19)5-3-12)18-10-17(22)13-7-15(20)9-16(21)8-13/h3-12,14-16,20-21,32,40H,13,17-19,22-23H2,1-2H3,(H,38,39);2-5,7-9,11,17-22H,6,10H2,1H3/b15-10+;/t32-;/m1./s1. The molecule has 330 valence electrons. The Morgan fingerprint density at radius 3 is 2.27 bits per heavy atom. The predicted molar refractivity (Wildman–Crippen MR) is 255 cm³/mol. The average Bonchev–Trinajstić information content (AvgIpc) is 4.00. The number of pyridine rings is 1. The first kappa shape index (κ1) is 47.1. The molecule has 6 aromatic rings. The van der Waals surface area contributed by atoms with E-state index in [0.29, 0.717) is 17.1 Å². The van der Waals surface area contributed by atoms with Crippen molar-refractivity contribution in [2.75, 3.05) is 12.3 Å². The summed E-state index contributed by atoms with van der Waals surface area (Å²) in [6, 6.07) is 37.7. The number of phenols is 3. The summed E-state index contributed by atoms with van der Waals surface area (Å²) in [5.74, 6) is 0.206. The number of carboxylic acids is 1. The van der Waals surface area contributed by atoms with E-state index in [4.69, 9.17) is 16.6 Å². The molecular weight excluding hydrogens is 832 g/mol. The Labute approximate surface area is 379 Å². The molecule has 1 saturated carbocycles. The normalized spacial score (nSPS) is 14.8. The van der Waals surface area contributed by atoms with Gasteiger partial charge in [-0.25, -0.2) is 4.98 Å². The Morgan fingerprint density at radius 2 is 1.57 bits per heavy atom. The molecule has 0 amide bonds. The number of benzene rings is 5. The van der Waals surface area contributed by atoms with E-state index >= 15 is 0 Å². The highest BCUT2D eigenvalue weighted by Gasteiger charge is 2.44. The highest BCUT2D eigenvalue weighted by atomic mass is 35.5. The molecule has 1 aliphatic carbocycles. The minimum absolute atomic E-state index is 0.0776. The van der Waals surface area contributed by atoms with Crippen molar-refractivity contribution in [1.82, 2.24) is 10.3 Å². The quantitative estimate of drug-likeness (QED) is 0.0442. The fourth-order valence-corrected chi connectivity index (χ4v) is 9.39. The number of rotatable bonds is 18. The van der Waals surface area contributed by atoms with Crippen LogP contribution in [-0.2, 0) is 23.2 Å². The van der Waals surface area contributed by atoms with E-state index in [1.807, 2.05) is 93.2 Å². The van der Waals surface area contributed by atoms with Crippen LogP contribution in [0.2, 0.25) is 5.02 Å². The molecule has 1 aromatic heterocycles. The van der Waals surface area contributed by atoms with Gasteiger partial charge in [-0.05, 0) is 140 Å². The van der Waals surface area contributed by atoms with Crippen LogP contribution >= 0.6 is 23.4 Å². The first-order valence-corrected chi connectivity index (χ1v) is 22.7. The van der Waals surface area contributed by atoms with Crippen LogP contribution in [0.3, 0.4) is 0 Å². The number of carbonyl (C=O) groups is 1. The summed E-state index contributed by atoms with van der Waals surface area (Å²) in [6.45, 7) is 5.97. The van der Waals surface area contributed by atoms with Gasteiger partial charge in [-0.1, -0.05) is 90.5 Å². The second-order valence-electron chi connectivity index (χ2n) is 17.2. The summed E-state index contributed by atoms with van der Waals surface area (Å²) in [5.41, 5.74) is 6.70. The van der Waals surface area contributed by atoms with Crippen molar-refractivity contribution in [3.63, 3.8) is 0 Å². The summed E-state index contributed by atoms with van der Waals surface area (Å²) in [4.78, 5) is 16.2. The van der Waals surface area contributed by atoms with Crippen molar-refractivity contribution >= 4 is 52.4 Å². The molecule has 7 N–H and O–H groups in total. The number of hydrogen-bond donors (Lipinski definition) is 7. The number of thioether (sulfide) groups is 1. The molecule has 0 saturated heterocycles. The molecule has 2 unspecified atom stereocenters. The molecule has 0 spiro atoms. The zero-order valence-electron chi connectivity index (χ0n) is 35.9. The first-order valence-electron chi connectivity index (χ1n) is 21.2. The van der Waals surface area contributed by atoms with Crippen molar-refractivity contribution in [3.05, 3.63) is 165 Å². The maximum atomic E-state index is 11.5. The van der Waals surface area contributed by atoms with Gasteiger partial charge in [0.15, 0.2) is 0 Å². The highest BCUT2D eigenvalue weighted by Crippen LogP contribution is 2.53. The maximum absolute atomic E-state index is 11.5. The SMILES string of the molecule is CC(C)(O)c1ccccc1CC[C@@H](SCC1(CC(=O)O)CC1)c1cccc(/C=C/c2ccc3ccc(Cl)cc3n2)c1.CC(Cc1ccc(O)cc1)NCC(O)c1cc(O)cc(O)c1. The monoisotopic (exact) mass is 888 g/mol. The molecule has 0 bridgehead atoms. The Hall–Kier alpha value is -5.36. The molecule has 3 atom stereocenters. The summed E-state index contributed by atoms with van der Waals surface area (Å²) >= 11 is 8.04. The molecule has 1 aliphatic rings. The first-order chi connectivity index (χ1) is 30.0. The van der Waals surface area contributed by atoms with Crippen LogP contribution in [0.15, 0.2) is 121 Å². The van der Waals surface area contributed by atoms with Gasteiger partial charge >= 0.3 is 5.97 Å². The van der Waals surface area contributed by atoms with Crippen molar-refractivity contribution in [3.8, 4) is 17.2 Å². The fourth-order valence-electron chi connectivity index (χ4n) is 7.66. The summed E-state index contributed by atoms with van der Waals surface area (Å²) in [5, 5.41) is 63.5. The molecule has 0 radical (unpaired) electrons. The summed E-state index contributed by atoms with van der Waals surface area (Å²) in [6.07, 6.45) is 7.96.